The topological polar surface area (TPSA) is 63.3 Å². The third-order valence-corrected chi connectivity index (χ3v) is 7.48. The van der Waals surface area contributed by atoms with Crippen LogP contribution in [0.15, 0.2) is 77.0 Å². The molecule has 209 valence electrons. The van der Waals surface area contributed by atoms with E-state index in [1.165, 1.54) is 67.5 Å². The van der Waals surface area contributed by atoms with Gasteiger partial charge < -0.3 is 14.5 Å². The summed E-state index contributed by atoms with van der Waals surface area (Å²) in [6, 6.07) is 23.3. The zero-order valence-electron chi connectivity index (χ0n) is 23.8. The molecule has 2 heterocycles. The first kappa shape index (κ1) is 29.7. The van der Waals surface area contributed by atoms with E-state index in [-0.39, 0.29) is 37.1 Å². The molecule has 1 saturated carbocycles. The van der Waals surface area contributed by atoms with E-state index >= 15 is 0 Å². The van der Waals surface area contributed by atoms with E-state index in [1.54, 1.807) is 0 Å². The number of hydrogen-bond donors (Lipinski definition) is 1. The summed E-state index contributed by atoms with van der Waals surface area (Å²) in [4.78, 5) is 14.9. The van der Waals surface area contributed by atoms with Crippen molar-refractivity contribution in [2.45, 2.75) is 71.6 Å². The molecular weight excluding hydrogens is 675 g/mol. The van der Waals surface area contributed by atoms with Crippen molar-refractivity contribution in [1.82, 2.24) is 4.98 Å². The van der Waals surface area contributed by atoms with Crippen molar-refractivity contribution in [2.24, 2.45) is 0 Å². The fourth-order valence-electron chi connectivity index (χ4n) is 5.54. The standard InChI is InChI=1S/C30H28NO.C5H8O2.Ir/c1-30(2,3)22-17-25-24-10-6-7-11-27(24)32-29(25)26(18-22)28-23-13-12-20(19-8-4-5-9-19)16-21(23)14-15-31-28;1-4(6)3-5(2)7;/h6-7,10-17,19H,4-5,8-9H2,1-3H3;3,6H,1-2H3;/q-1;;/b;4-3-;. The Morgan fingerprint density at radius 1 is 1.00 bits per heavy atom. The molecule has 1 N–H and O–H groups in total. The number of pyridine rings is 1. The molecule has 2 aromatic heterocycles. The third-order valence-electron chi connectivity index (χ3n) is 7.48. The number of furan rings is 1. The maximum atomic E-state index is 10.0. The zero-order valence-corrected chi connectivity index (χ0v) is 26.2. The van der Waals surface area contributed by atoms with Gasteiger partial charge in [-0.2, -0.15) is 0 Å². The molecule has 40 heavy (non-hydrogen) atoms. The Morgan fingerprint density at radius 2 is 1.73 bits per heavy atom. The van der Waals surface area contributed by atoms with E-state index in [2.05, 4.69) is 69.3 Å². The first-order valence-electron chi connectivity index (χ1n) is 13.8. The van der Waals surface area contributed by atoms with Crippen LogP contribution < -0.4 is 0 Å². The number of carbonyl (C=O) groups excluding carboxylic acids is 1. The van der Waals surface area contributed by atoms with Crippen molar-refractivity contribution < 1.29 is 34.4 Å². The molecule has 0 saturated heterocycles. The van der Waals surface area contributed by atoms with Gasteiger partial charge in [-0.05, 0) is 72.2 Å². The van der Waals surface area contributed by atoms with Crippen molar-refractivity contribution in [3.63, 3.8) is 0 Å². The van der Waals surface area contributed by atoms with Crippen molar-refractivity contribution in [3.05, 3.63) is 89.8 Å². The molecule has 0 spiro atoms. The smallest absolute Gasteiger partial charge is 0.155 e. The molecule has 4 nitrogen and oxygen atoms in total. The normalized spacial score (nSPS) is 14.3. The molecule has 1 aliphatic rings. The maximum Gasteiger partial charge on any atom is 0.155 e. The molecule has 0 unspecified atom stereocenters. The third kappa shape index (κ3) is 6.22. The Balaban J connectivity index is 0.000000413. The summed E-state index contributed by atoms with van der Waals surface area (Å²) in [5, 5.41) is 13.1. The first-order valence-corrected chi connectivity index (χ1v) is 13.8. The number of rotatable bonds is 3. The number of nitrogens with zero attached hydrogens (tertiary/aromatic N) is 1. The van der Waals surface area contributed by atoms with Crippen LogP contribution in [0.2, 0.25) is 0 Å². The van der Waals surface area contributed by atoms with Gasteiger partial charge >= 0.3 is 0 Å². The molecule has 1 fully saturated rings. The van der Waals surface area contributed by atoms with Crippen LogP contribution in [0.5, 0.6) is 0 Å². The van der Waals surface area contributed by atoms with Crippen LogP contribution in [0.4, 0.5) is 0 Å². The molecule has 5 aromatic rings. The Kier molecular flexibility index (Phi) is 8.97. The summed E-state index contributed by atoms with van der Waals surface area (Å²) < 4.78 is 6.39. The number of para-hydroxylation sites is 1. The van der Waals surface area contributed by atoms with Crippen LogP contribution >= 0.6 is 0 Å². The quantitative estimate of drug-likeness (QED) is 0.115. The number of ketones is 1. The Labute approximate surface area is 249 Å². The van der Waals surface area contributed by atoms with Crippen LogP contribution in [-0.2, 0) is 30.3 Å². The van der Waals surface area contributed by atoms with Crippen LogP contribution in [0.3, 0.4) is 0 Å². The van der Waals surface area contributed by atoms with E-state index in [1.807, 2.05) is 18.3 Å². The van der Waals surface area contributed by atoms with Gasteiger partial charge in [0.15, 0.2) is 5.78 Å². The summed E-state index contributed by atoms with van der Waals surface area (Å²) in [6.45, 7) is 9.56. The summed E-state index contributed by atoms with van der Waals surface area (Å²) in [6.07, 6.45) is 8.42. The number of aliphatic hydroxyl groups is 1. The maximum absolute atomic E-state index is 10.0. The summed E-state index contributed by atoms with van der Waals surface area (Å²) in [5.74, 6) is 0.640. The van der Waals surface area contributed by atoms with Crippen LogP contribution in [0.1, 0.15) is 77.3 Å². The van der Waals surface area contributed by atoms with Crippen molar-refractivity contribution >= 4 is 38.5 Å². The summed E-state index contributed by atoms with van der Waals surface area (Å²) in [7, 11) is 0. The summed E-state index contributed by atoms with van der Waals surface area (Å²) >= 11 is 0. The molecule has 5 heteroatoms. The average molecular weight is 711 g/mol. The van der Waals surface area contributed by atoms with E-state index < -0.39 is 0 Å². The van der Waals surface area contributed by atoms with Gasteiger partial charge in [-0.25, -0.2) is 0 Å². The zero-order chi connectivity index (χ0) is 27.7. The molecule has 6 rings (SSSR count). The fraction of sp³-hybridized carbons (Fsp3) is 0.314. The monoisotopic (exact) mass is 711 g/mol. The SMILES string of the molecule is CC(=O)/C=C(/C)O.CC(C)(C)c1[c-]c(-c2nccc3cc(C4CCCC4)ccc23)c2oc3ccccc3c2c1.[Ir]. The van der Waals surface area contributed by atoms with E-state index in [4.69, 9.17) is 14.5 Å². The van der Waals surface area contributed by atoms with Crippen LogP contribution in [0, 0.1) is 6.07 Å². The molecule has 1 radical (unpaired) electrons. The van der Waals surface area contributed by atoms with Gasteiger partial charge in [-0.15, -0.1) is 17.7 Å². The molecule has 0 amide bonds. The number of hydrogen-bond acceptors (Lipinski definition) is 4. The predicted molar refractivity (Wildman–Crippen MR) is 160 cm³/mol. The second-order valence-corrected chi connectivity index (χ2v) is 11.7. The van der Waals surface area contributed by atoms with Crippen LogP contribution in [0.25, 0.3) is 44.0 Å². The number of benzene rings is 3. The largest absolute Gasteiger partial charge is 0.512 e. The average Bonchev–Trinajstić information content (AvgIpc) is 3.55. The number of aliphatic hydroxyl groups excluding tert-OH is 1. The minimum absolute atomic E-state index is 0. The van der Waals surface area contributed by atoms with Gasteiger partial charge in [0.1, 0.15) is 5.58 Å². The van der Waals surface area contributed by atoms with Gasteiger partial charge in [-0.3, -0.25) is 4.79 Å². The number of carbonyl (C=O) groups is 1. The number of allylic oxidation sites excluding steroid dienone is 2. The first-order chi connectivity index (χ1) is 18.6. The Hall–Kier alpha value is -3.27. The van der Waals surface area contributed by atoms with Gasteiger partial charge in [0.25, 0.3) is 0 Å². The molecule has 0 bridgehead atoms. The van der Waals surface area contributed by atoms with Gasteiger partial charge in [-0.1, -0.05) is 81.0 Å². The fourth-order valence-corrected chi connectivity index (χ4v) is 5.54. The molecular formula is C35H36IrNO3-. The van der Waals surface area contributed by atoms with Crippen molar-refractivity contribution in [2.75, 3.05) is 0 Å². The Bertz CT molecular complexity index is 1700. The minimum atomic E-state index is -0.125. The van der Waals surface area contributed by atoms with Gasteiger partial charge in [0.05, 0.1) is 11.3 Å². The molecule has 3 aromatic carbocycles. The van der Waals surface area contributed by atoms with Crippen molar-refractivity contribution in [1.29, 1.82) is 0 Å². The molecule has 0 aliphatic heterocycles. The predicted octanol–water partition coefficient (Wildman–Crippen LogP) is 9.59. The number of fused-ring (bicyclic) bond motifs is 4. The Morgan fingerprint density at radius 3 is 2.38 bits per heavy atom. The van der Waals surface area contributed by atoms with Crippen LogP contribution in [-0.4, -0.2) is 15.9 Å². The van der Waals surface area contributed by atoms with Crippen molar-refractivity contribution in [3.8, 4) is 11.3 Å². The van der Waals surface area contributed by atoms with Gasteiger partial charge in [0.2, 0.25) is 0 Å². The minimum Gasteiger partial charge on any atom is -0.512 e. The molecule has 1 aliphatic carbocycles. The second-order valence-electron chi connectivity index (χ2n) is 11.7. The number of aromatic nitrogens is 1. The van der Waals surface area contributed by atoms with E-state index in [9.17, 15) is 4.79 Å². The van der Waals surface area contributed by atoms with Gasteiger partial charge in [0, 0.05) is 37.8 Å². The van der Waals surface area contributed by atoms with E-state index in [0.717, 1.165) is 33.2 Å². The molecule has 0 atom stereocenters. The second kappa shape index (κ2) is 12.1. The van der Waals surface area contributed by atoms with E-state index in [0.29, 0.717) is 5.92 Å². The summed E-state index contributed by atoms with van der Waals surface area (Å²) in [5.41, 5.74) is 6.31.